The largest absolute Gasteiger partial charge is 0.369 e. The molecule has 0 spiro atoms. The van der Waals surface area contributed by atoms with Gasteiger partial charge in [-0.25, -0.2) is 0 Å². The summed E-state index contributed by atoms with van der Waals surface area (Å²) in [4.78, 5) is 25.8. The van der Waals surface area contributed by atoms with Gasteiger partial charge in [-0.1, -0.05) is 18.2 Å². The molecular formula is C17H21N3O2. The molecule has 1 aliphatic heterocycles. The van der Waals surface area contributed by atoms with Crippen molar-refractivity contribution in [3.8, 4) is 0 Å². The Balaban J connectivity index is 1.77. The van der Waals surface area contributed by atoms with Crippen molar-refractivity contribution in [1.82, 2.24) is 9.47 Å². The number of aromatic nitrogens is 1. The predicted octanol–water partition coefficient (Wildman–Crippen LogP) is 1.75. The maximum atomic E-state index is 12.6. The molecule has 1 aromatic carbocycles. The lowest BCUT2D eigenvalue weighted by molar-refractivity contribution is -0.138. The number of primary amides is 1. The lowest BCUT2D eigenvalue weighted by atomic mass is 9.93. The van der Waals surface area contributed by atoms with Crippen LogP contribution in [0.2, 0.25) is 0 Å². The predicted molar refractivity (Wildman–Crippen MR) is 85.0 cm³/mol. The second kappa shape index (κ2) is 5.83. The second-order valence-electron chi connectivity index (χ2n) is 6.07. The number of carbonyl (C=O) groups excluding carboxylic acids is 2. The van der Waals surface area contributed by atoms with Crippen molar-refractivity contribution >= 4 is 22.7 Å². The number of para-hydroxylation sites is 1. The third-order valence-electron chi connectivity index (χ3n) is 4.59. The summed E-state index contributed by atoms with van der Waals surface area (Å²) in [6.45, 7) is 2.76. The van der Waals surface area contributed by atoms with E-state index in [0.29, 0.717) is 13.1 Å². The number of nitrogens with two attached hydrogens (primary N) is 1. The van der Waals surface area contributed by atoms with Gasteiger partial charge in [0, 0.05) is 24.3 Å². The molecule has 2 unspecified atom stereocenters. The zero-order valence-electron chi connectivity index (χ0n) is 12.7. The van der Waals surface area contributed by atoms with E-state index in [1.54, 1.807) is 4.90 Å². The van der Waals surface area contributed by atoms with Crippen molar-refractivity contribution in [1.29, 1.82) is 0 Å². The number of nitrogens with zero attached hydrogens (tertiary/aromatic N) is 2. The van der Waals surface area contributed by atoms with E-state index in [9.17, 15) is 9.59 Å². The highest BCUT2D eigenvalue weighted by atomic mass is 16.2. The molecule has 1 aromatic heterocycles. The molecule has 0 radical (unpaired) electrons. The Morgan fingerprint density at radius 3 is 2.77 bits per heavy atom. The SMILES string of the molecule is CC1CCC(C(N)=O)CN1C(=O)Cn1ccc2ccccc21. The summed E-state index contributed by atoms with van der Waals surface area (Å²) in [6, 6.07) is 10.2. The minimum Gasteiger partial charge on any atom is -0.369 e. The van der Waals surface area contributed by atoms with Crippen LogP contribution in [0.5, 0.6) is 0 Å². The van der Waals surface area contributed by atoms with Crippen LogP contribution in [0.1, 0.15) is 19.8 Å². The summed E-state index contributed by atoms with van der Waals surface area (Å²) in [5.41, 5.74) is 6.45. The standard InChI is InChI=1S/C17H21N3O2/c1-12-6-7-14(17(18)22)10-20(12)16(21)11-19-9-8-13-4-2-3-5-15(13)19/h2-5,8-9,12,14H,6-7,10-11H2,1H3,(H2,18,22). The maximum absolute atomic E-state index is 12.6. The summed E-state index contributed by atoms with van der Waals surface area (Å²) in [6.07, 6.45) is 3.53. The molecule has 0 aliphatic carbocycles. The summed E-state index contributed by atoms with van der Waals surface area (Å²) in [5.74, 6) is -0.488. The average molecular weight is 299 g/mol. The van der Waals surface area contributed by atoms with Crippen LogP contribution in [0.25, 0.3) is 10.9 Å². The Morgan fingerprint density at radius 1 is 1.23 bits per heavy atom. The minimum absolute atomic E-state index is 0.0415. The van der Waals surface area contributed by atoms with E-state index >= 15 is 0 Å². The highest BCUT2D eigenvalue weighted by Gasteiger charge is 2.31. The van der Waals surface area contributed by atoms with Gasteiger partial charge in [-0.2, -0.15) is 0 Å². The van der Waals surface area contributed by atoms with Gasteiger partial charge in [-0.05, 0) is 37.3 Å². The molecule has 2 aromatic rings. The second-order valence-corrected chi connectivity index (χ2v) is 6.07. The first-order valence-electron chi connectivity index (χ1n) is 7.69. The van der Waals surface area contributed by atoms with E-state index in [2.05, 4.69) is 0 Å². The van der Waals surface area contributed by atoms with Crippen molar-refractivity contribution < 1.29 is 9.59 Å². The third kappa shape index (κ3) is 2.71. The Hall–Kier alpha value is -2.30. The number of fused-ring (bicyclic) bond motifs is 1. The van der Waals surface area contributed by atoms with E-state index < -0.39 is 0 Å². The number of rotatable bonds is 3. The van der Waals surface area contributed by atoms with E-state index in [0.717, 1.165) is 23.7 Å². The quantitative estimate of drug-likeness (QED) is 0.938. The highest BCUT2D eigenvalue weighted by molar-refractivity contribution is 5.84. The zero-order valence-corrected chi connectivity index (χ0v) is 12.7. The summed E-state index contributed by atoms with van der Waals surface area (Å²) in [7, 11) is 0. The zero-order chi connectivity index (χ0) is 15.7. The normalized spacial score (nSPS) is 22.0. The molecule has 1 aliphatic rings. The fourth-order valence-corrected chi connectivity index (χ4v) is 3.20. The Bertz CT molecular complexity index is 707. The Morgan fingerprint density at radius 2 is 2.00 bits per heavy atom. The van der Waals surface area contributed by atoms with E-state index in [1.807, 2.05) is 48.0 Å². The molecule has 3 rings (SSSR count). The number of hydrogen-bond donors (Lipinski definition) is 1. The van der Waals surface area contributed by atoms with Crippen molar-refractivity contribution in [2.24, 2.45) is 11.7 Å². The van der Waals surface area contributed by atoms with Crippen molar-refractivity contribution in [3.05, 3.63) is 36.5 Å². The summed E-state index contributed by atoms with van der Waals surface area (Å²) in [5, 5.41) is 1.12. The van der Waals surface area contributed by atoms with Gasteiger partial charge in [-0.3, -0.25) is 9.59 Å². The van der Waals surface area contributed by atoms with Gasteiger partial charge in [0.05, 0.1) is 5.92 Å². The lowest BCUT2D eigenvalue weighted by Gasteiger charge is -2.37. The number of hydrogen-bond acceptors (Lipinski definition) is 2. The van der Waals surface area contributed by atoms with Crippen LogP contribution in [0, 0.1) is 5.92 Å². The fraction of sp³-hybridized carbons (Fsp3) is 0.412. The first kappa shape index (κ1) is 14.6. The molecule has 22 heavy (non-hydrogen) atoms. The number of piperidine rings is 1. The molecule has 5 heteroatoms. The molecule has 1 fully saturated rings. The van der Waals surface area contributed by atoms with E-state index in [-0.39, 0.29) is 23.8 Å². The van der Waals surface area contributed by atoms with Crippen molar-refractivity contribution in [2.45, 2.75) is 32.4 Å². The summed E-state index contributed by atoms with van der Waals surface area (Å²) >= 11 is 0. The Labute approximate surface area is 129 Å². The first-order chi connectivity index (χ1) is 10.6. The fourth-order valence-electron chi connectivity index (χ4n) is 3.20. The van der Waals surface area contributed by atoms with Crippen LogP contribution in [-0.4, -0.2) is 33.9 Å². The highest BCUT2D eigenvalue weighted by Crippen LogP contribution is 2.23. The van der Waals surface area contributed by atoms with Crippen LogP contribution in [0.15, 0.2) is 36.5 Å². The van der Waals surface area contributed by atoms with Gasteiger partial charge in [-0.15, -0.1) is 0 Å². The Kier molecular flexibility index (Phi) is 3.88. The van der Waals surface area contributed by atoms with Gasteiger partial charge in [0.2, 0.25) is 11.8 Å². The number of amides is 2. The van der Waals surface area contributed by atoms with E-state index in [1.165, 1.54) is 0 Å². The number of carbonyl (C=O) groups is 2. The number of likely N-dealkylation sites (tertiary alicyclic amines) is 1. The van der Waals surface area contributed by atoms with Gasteiger partial charge >= 0.3 is 0 Å². The molecule has 0 bridgehead atoms. The molecule has 1 saturated heterocycles. The monoisotopic (exact) mass is 299 g/mol. The smallest absolute Gasteiger partial charge is 0.242 e. The molecule has 116 valence electrons. The first-order valence-corrected chi connectivity index (χ1v) is 7.69. The van der Waals surface area contributed by atoms with Crippen LogP contribution >= 0.6 is 0 Å². The van der Waals surface area contributed by atoms with Gasteiger partial charge in [0.1, 0.15) is 6.54 Å². The number of benzene rings is 1. The molecule has 2 heterocycles. The topological polar surface area (TPSA) is 68.3 Å². The molecule has 2 atom stereocenters. The molecule has 2 amide bonds. The van der Waals surface area contributed by atoms with Crippen LogP contribution in [0.4, 0.5) is 0 Å². The van der Waals surface area contributed by atoms with Crippen molar-refractivity contribution in [2.75, 3.05) is 6.54 Å². The molecule has 5 nitrogen and oxygen atoms in total. The van der Waals surface area contributed by atoms with E-state index in [4.69, 9.17) is 5.73 Å². The van der Waals surface area contributed by atoms with Crippen LogP contribution in [-0.2, 0) is 16.1 Å². The summed E-state index contributed by atoms with van der Waals surface area (Å²) < 4.78 is 1.96. The third-order valence-corrected chi connectivity index (χ3v) is 4.59. The van der Waals surface area contributed by atoms with Gasteiger partial charge in [0.15, 0.2) is 0 Å². The maximum Gasteiger partial charge on any atom is 0.242 e. The molecular weight excluding hydrogens is 278 g/mol. The minimum atomic E-state index is -0.309. The molecule has 0 saturated carbocycles. The van der Waals surface area contributed by atoms with Gasteiger partial charge in [0.25, 0.3) is 0 Å². The van der Waals surface area contributed by atoms with Gasteiger partial charge < -0.3 is 15.2 Å². The van der Waals surface area contributed by atoms with Crippen molar-refractivity contribution in [3.63, 3.8) is 0 Å². The lowest BCUT2D eigenvalue weighted by Crippen LogP contribution is -2.49. The van der Waals surface area contributed by atoms with Crippen LogP contribution in [0.3, 0.4) is 0 Å². The average Bonchev–Trinajstić information content (AvgIpc) is 2.90. The van der Waals surface area contributed by atoms with Crippen LogP contribution < -0.4 is 5.73 Å². The molecule has 2 N–H and O–H groups in total.